The summed E-state index contributed by atoms with van der Waals surface area (Å²) in [6.45, 7) is 1.26. The third-order valence-corrected chi connectivity index (χ3v) is 6.72. The molecule has 0 atom stereocenters. The van der Waals surface area contributed by atoms with E-state index >= 15 is 0 Å². The second kappa shape index (κ2) is 6.34. The van der Waals surface area contributed by atoms with E-state index in [9.17, 15) is 18.0 Å². The maximum Gasteiger partial charge on any atom is 0.299 e. The predicted molar refractivity (Wildman–Crippen MR) is 96.4 cm³/mol. The van der Waals surface area contributed by atoms with Crippen molar-refractivity contribution in [2.45, 2.75) is 24.3 Å². The highest BCUT2D eigenvalue weighted by atomic mass is 32.2. The van der Waals surface area contributed by atoms with E-state index in [0.29, 0.717) is 18.8 Å². The van der Waals surface area contributed by atoms with Crippen molar-refractivity contribution in [1.29, 1.82) is 0 Å². The van der Waals surface area contributed by atoms with Crippen molar-refractivity contribution < 1.29 is 18.0 Å². The fourth-order valence-corrected chi connectivity index (χ4v) is 4.98. The van der Waals surface area contributed by atoms with Gasteiger partial charge in [-0.25, -0.2) is 8.42 Å². The van der Waals surface area contributed by atoms with Crippen molar-refractivity contribution in [3.8, 4) is 0 Å². The standard InChI is InChI=1S/C19H18N2O4S/c22-18-16-12-15(26(24,25)20-10-4-5-11-20)8-9-17(16)21(19(18)23)13-14-6-2-1-3-7-14/h1-3,6-9,12H,4-5,10-11,13H2. The predicted octanol–water partition coefficient (Wildman–Crippen LogP) is 2.20. The molecule has 0 unspecified atom stereocenters. The summed E-state index contributed by atoms with van der Waals surface area (Å²) < 4.78 is 26.9. The van der Waals surface area contributed by atoms with Crippen molar-refractivity contribution in [2.75, 3.05) is 18.0 Å². The summed E-state index contributed by atoms with van der Waals surface area (Å²) in [4.78, 5) is 26.3. The molecule has 4 rings (SSSR count). The zero-order chi connectivity index (χ0) is 18.3. The zero-order valence-corrected chi connectivity index (χ0v) is 14.9. The van der Waals surface area contributed by atoms with Gasteiger partial charge in [-0.15, -0.1) is 0 Å². The smallest absolute Gasteiger partial charge is 0.299 e. The lowest BCUT2D eigenvalue weighted by atomic mass is 10.1. The second-order valence-corrected chi connectivity index (χ2v) is 8.43. The number of ketones is 1. The molecule has 2 heterocycles. The van der Waals surface area contributed by atoms with Gasteiger partial charge in [-0.1, -0.05) is 30.3 Å². The molecular weight excluding hydrogens is 352 g/mol. The maximum absolute atomic E-state index is 12.7. The summed E-state index contributed by atoms with van der Waals surface area (Å²) in [5.41, 5.74) is 1.52. The number of hydrogen-bond donors (Lipinski definition) is 0. The molecule has 1 saturated heterocycles. The lowest BCUT2D eigenvalue weighted by Gasteiger charge is -2.18. The number of anilines is 1. The molecule has 1 amide bonds. The lowest BCUT2D eigenvalue weighted by Crippen LogP contribution is -2.29. The molecule has 2 aromatic carbocycles. The van der Waals surface area contributed by atoms with Crippen LogP contribution in [0.4, 0.5) is 5.69 Å². The number of amides is 1. The topological polar surface area (TPSA) is 74.8 Å². The van der Waals surface area contributed by atoms with Crippen LogP contribution < -0.4 is 4.90 Å². The van der Waals surface area contributed by atoms with Crippen molar-refractivity contribution in [3.63, 3.8) is 0 Å². The van der Waals surface area contributed by atoms with E-state index in [0.717, 1.165) is 18.4 Å². The van der Waals surface area contributed by atoms with Gasteiger partial charge in [0.15, 0.2) is 0 Å². The summed E-state index contributed by atoms with van der Waals surface area (Å²) in [6.07, 6.45) is 1.68. The molecule has 0 spiro atoms. The molecule has 0 radical (unpaired) electrons. The summed E-state index contributed by atoms with van der Waals surface area (Å²) in [7, 11) is -3.63. The quantitative estimate of drug-likeness (QED) is 0.774. The van der Waals surface area contributed by atoms with Crippen LogP contribution in [0.1, 0.15) is 28.8 Å². The van der Waals surface area contributed by atoms with E-state index in [1.807, 2.05) is 30.3 Å². The van der Waals surface area contributed by atoms with Crippen LogP contribution in [0.3, 0.4) is 0 Å². The first-order valence-electron chi connectivity index (χ1n) is 8.53. The Kier molecular flexibility index (Phi) is 4.13. The molecule has 7 heteroatoms. The summed E-state index contributed by atoms with van der Waals surface area (Å²) in [6, 6.07) is 13.7. The van der Waals surface area contributed by atoms with Crippen LogP contribution >= 0.6 is 0 Å². The monoisotopic (exact) mass is 370 g/mol. The van der Waals surface area contributed by atoms with Gasteiger partial charge in [-0.05, 0) is 36.6 Å². The van der Waals surface area contributed by atoms with Gasteiger partial charge >= 0.3 is 0 Å². The first-order chi connectivity index (χ1) is 12.5. The number of benzene rings is 2. The largest absolute Gasteiger partial charge is 0.300 e. The molecule has 0 aliphatic carbocycles. The van der Waals surface area contributed by atoms with Crippen molar-refractivity contribution in [2.24, 2.45) is 0 Å². The number of sulfonamides is 1. The van der Waals surface area contributed by atoms with Gasteiger partial charge in [0.2, 0.25) is 10.0 Å². The highest BCUT2D eigenvalue weighted by molar-refractivity contribution is 7.89. The fraction of sp³-hybridized carbons (Fsp3) is 0.263. The fourth-order valence-electron chi connectivity index (χ4n) is 3.44. The number of carbonyl (C=O) groups is 2. The number of rotatable bonds is 4. The molecule has 1 fully saturated rings. The summed E-state index contributed by atoms with van der Waals surface area (Å²) >= 11 is 0. The third kappa shape index (κ3) is 2.73. The number of Topliss-reactive ketones (excluding diaryl/α,β-unsaturated/α-hetero) is 1. The SMILES string of the molecule is O=C1C(=O)N(Cc2ccccc2)c2ccc(S(=O)(=O)N3CCCC3)cc21. The molecule has 26 heavy (non-hydrogen) atoms. The Balaban J connectivity index is 1.70. The average molecular weight is 370 g/mol. The molecule has 2 aliphatic rings. The van der Waals surface area contributed by atoms with E-state index in [1.54, 1.807) is 6.07 Å². The third-order valence-electron chi connectivity index (χ3n) is 4.83. The molecule has 0 saturated carbocycles. The van der Waals surface area contributed by atoms with Crippen LogP contribution in [-0.2, 0) is 21.4 Å². The van der Waals surface area contributed by atoms with Crippen LogP contribution in [0.25, 0.3) is 0 Å². The lowest BCUT2D eigenvalue weighted by molar-refractivity contribution is -0.114. The molecule has 2 aromatic rings. The molecule has 134 valence electrons. The van der Waals surface area contributed by atoms with Crippen LogP contribution in [0, 0.1) is 0 Å². The Labute approximate surface area is 152 Å². The molecule has 2 aliphatic heterocycles. The van der Waals surface area contributed by atoms with Crippen LogP contribution in [0.5, 0.6) is 0 Å². The van der Waals surface area contributed by atoms with E-state index in [1.165, 1.54) is 21.3 Å². The van der Waals surface area contributed by atoms with E-state index < -0.39 is 21.7 Å². The molecule has 0 N–H and O–H groups in total. The van der Waals surface area contributed by atoms with Crippen molar-refractivity contribution in [1.82, 2.24) is 4.31 Å². The Morgan fingerprint density at radius 3 is 2.31 bits per heavy atom. The van der Waals surface area contributed by atoms with Gasteiger partial charge in [0.1, 0.15) is 0 Å². The van der Waals surface area contributed by atoms with E-state index in [4.69, 9.17) is 0 Å². The highest BCUT2D eigenvalue weighted by Gasteiger charge is 2.37. The minimum Gasteiger partial charge on any atom is -0.300 e. The van der Waals surface area contributed by atoms with Gasteiger partial charge in [-0.3, -0.25) is 9.59 Å². The first-order valence-corrected chi connectivity index (χ1v) is 9.97. The number of fused-ring (bicyclic) bond motifs is 1. The summed E-state index contributed by atoms with van der Waals surface area (Å²) in [5.74, 6) is -1.28. The number of carbonyl (C=O) groups excluding carboxylic acids is 2. The van der Waals surface area contributed by atoms with Crippen molar-refractivity contribution >= 4 is 27.4 Å². The first kappa shape index (κ1) is 16.9. The van der Waals surface area contributed by atoms with Gasteiger partial charge in [-0.2, -0.15) is 4.31 Å². The second-order valence-electron chi connectivity index (χ2n) is 6.50. The molecular formula is C19H18N2O4S. The maximum atomic E-state index is 12.7. The van der Waals surface area contributed by atoms with Crippen LogP contribution in [-0.4, -0.2) is 37.5 Å². The zero-order valence-electron chi connectivity index (χ0n) is 14.1. The Bertz CT molecular complexity index is 980. The minimum atomic E-state index is -3.63. The van der Waals surface area contributed by atoms with Gasteiger partial charge < -0.3 is 4.90 Å². The average Bonchev–Trinajstić information content (AvgIpc) is 3.27. The Hall–Kier alpha value is -2.51. The number of hydrogen-bond acceptors (Lipinski definition) is 4. The van der Waals surface area contributed by atoms with Gasteiger partial charge in [0, 0.05) is 13.1 Å². The highest BCUT2D eigenvalue weighted by Crippen LogP contribution is 2.33. The van der Waals surface area contributed by atoms with Crippen LogP contribution in [0.2, 0.25) is 0 Å². The van der Waals surface area contributed by atoms with Crippen molar-refractivity contribution in [3.05, 3.63) is 59.7 Å². The van der Waals surface area contributed by atoms with E-state index in [-0.39, 0.29) is 17.0 Å². The number of nitrogens with zero attached hydrogens (tertiary/aromatic N) is 2. The molecule has 6 nitrogen and oxygen atoms in total. The normalized spacial score (nSPS) is 17.8. The summed E-state index contributed by atoms with van der Waals surface area (Å²) in [5, 5.41) is 0. The minimum absolute atomic E-state index is 0.0702. The molecule has 0 aromatic heterocycles. The van der Waals surface area contributed by atoms with E-state index in [2.05, 4.69) is 0 Å². The van der Waals surface area contributed by atoms with Gasteiger partial charge in [0.05, 0.1) is 22.7 Å². The van der Waals surface area contributed by atoms with Gasteiger partial charge in [0.25, 0.3) is 11.7 Å². The van der Waals surface area contributed by atoms with Crippen LogP contribution in [0.15, 0.2) is 53.4 Å². The Morgan fingerprint density at radius 2 is 1.62 bits per heavy atom. The molecule has 0 bridgehead atoms. The Morgan fingerprint density at radius 1 is 0.923 bits per heavy atom.